The van der Waals surface area contributed by atoms with Gasteiger partial charge in [-0.05, 0) is 36.4 Å². The number of pyridine rings is 1. The van der Waals surface area contributed by atoms with Crippen molar-refractivity contribution >= 4 is 43.7 Å². The molecule has 34 heavy (non-hydrogen) atoms. The Kier molecular flexibility index (Phi) is 3.88. The van der Waals surface area contributed by atoms with Crippen LogP contribution >= 0.6 is 0 Å². The second-order valence-electron chi connectivity index (χ2n) is 8.34. The molecule has 7 aromatic rings. The van der Waals surface area contributed by atoms with E-state index in [1.807, 2.05) is 42.5 Å². The van der Waals surface area contributed by atoms with Crippen molar-refractivity contribution in [2.45, 2.75) is 0 Å². The molecule has 158 valence electrons. The van der Waals surface area contributed by atoms with Gasteiger partial charge in [-0.2, -0.15) is 5.26 Å². The van der Waals surface area contributed by atoms with E-state index < -0.39 is 0 Å². The molecule has 0 fully saturated rings. The average molecular weight is 435 g/mol. The van der Waals surface area contributed by atoms with E-state index in [2.05, 4.69) is 64.2 Å². The van der Waals surface area contributed by atoms with Crippen molar-refractivity contribution in [3.05, 3.63) is 109 Å². The van der Waals surface area contributed by atoms with Crippen molar-refractivity contribution < 1.29 is 4.42 Å². The number of fused-ring (bicyclic) bond motifs is 6. The largest absolute Gasteiger partial charge is 0.456 e. The van der Waals surface area contributed by atoms with Gasteiger partial charge >= 0.3 is 0 Å². The summed E-state index contributed by atoms with van der Waals surface area (Å²) in [4.78, 5) is 4.57. The maximum absolute atomic E-state index is 9.72. The summed E-state index contributed by atoms with van der Waals surface area (Å²) in [7, 11) is 0. The molecule has 0 amide bonds. The summed E-state index contributed by atoms with van der Waals surface area (Å²) >= 11 is 0. The van der Waals surface area contributed by atoms with E-state index in [1.54, 1.807) is 12.3 Å². The summed E-state index contributed by atoms with van der Waals surface area (Å²) < 4.78 is 8.48. The molecule has 0 aliphatic heterocycles. The Morgan fingerprint density at radius 2 is 1.47 bits per heavy atom. The molecule has 0 N–H and O–H groups in total. The molecule has 0 atom stereocenters. The first-order valence-electron chi connectivity index (χ1n) is 11.1. The van der Waals surface area contributed by atoms with Crippen molar-refractivity contribution in [3.8, 4) is 23.0 Å². The van der Waals surface area contributed by atoms with Gasteiger partial charge in [-0.3, -0.25) is 4.98 Å². The molecule has 3 heterocycles. The van der Waals surface area contributed by atoms with E-state index in [-0.39, 0.29) is 0 Å². The molecule has 0 unspecified atom stereocenters. The first-order chi connectivity index (χ1) is 16.8. The topological polar surface area (TPSA) is 54.8 Å². The first kappa shape index (κ1) is 18.7. The molecule has 0 aliphatic rings. The molecule has 0 bridgehead atoms. The Hall–Kier alpha value is -4.88. The van der Waals surface area contributed by atoms with Crippen LogP contribution in [0.3, 0.4) is 0 Å². The predicted octanol–water partition coefficient (Wildman–Crippen LogP) is 7.62. The smallest absolute Gasteiger partial charge is 0.137 e. The quantitative estimate of drug-likeness (QED) is 0.281. The second kappa shape index (κ2) is 7.06. The van der Waals surface area contributed by atoms with Crippen LogP contribution in [0.25, 0.3) is 60.7 Å². The Labute approximate surface area is 194 Å². The second-order valence-corrected chi connectivity index (χ2v) is 8.34. The fourth-order valence-electron chi connectivity index (χ4n) is 5.03. The van der Waals surface area contributed by atoms with E-state index in [4.69, 9.17) is 4.42 Å². The SMILES string of the molecule is N#Cc1cccnc1-c1ccccc1-n1c2ccccc2c2cc3c(cc21)oc1ccccc13. The molecule has 3 aromatic heterocycles. The predicted molar refractivity (Wildman–Crippen MR) is 136 cm³/mol. The van der Waals surface area contributed by atoms with Gasteiger partial charge in [-0.25, -0.2) is 0 Å². The number of hydrogen-bond donors (Lipinski definition) is 0. The molecule has 7 rings (SSSR count). The van der Waals surface area contributed by atoms with Crippen LogP contribution in [0.5, 0.6) is 0 Å². The van der Waals surface area contributed by atoms with E-state index in [0.29, 0.717) is 11.3 Å². The number of para-hydroxylation sites is 3. The Morgan fingerprint density at radius 3 is 2.38 bits per heavy atom. The highest BCUT2D eigenvalue weighted by Crippen LogP contribution is 2.40. The van der Waals surface area contributed by atoms with Crippen LogP contribution in [-0.4, -0.2) is 9.55 Å². The third-order valence-electron chi connectivity index (χ3n) is 6.50. The van der Waals surface area contributed by atoms with Gasteiger partial charge in [0.15, 0.2) is 0 Å². The zero-order chi connectivity index (χ0) is 22.6. The lowest BCUT2D eigenvalue weighted by molar-refractivity contribution is 0.669. The molecule has 0 saturated heterocycles. The lowest BCUT2D eigenvalue weighted by Crippen LogP contribution is -1.99. The van der Waals surface area contributed by atoms with Crippen molar-refractivity contribution in [1.82, 2.24) is 9.55 Å². The molecular formula is C30H17N3O. The minimum absolute atomic E-state index is 0.551. The van der Waals surface area contributed by atoms with Crippen molar-refractivity contribution in [1.29, 1.82) is 5.26 Å². The van der Waals surface area contributed by atoms with Crippen molar-refractivity contribution in [2.75, 3.05) is 0 Å². The Bertz CT molecular complexity index is 1930. The Balaban J connectivity index is 1.63. The monoisotopic (exact) mass is 435 g/mol. The normalized spacial score (nSPS) is 11.5. The third-order valence-corrected chi connectivity index (χ3v) is 6.50. The van der Waals surface area contributed by atoms with E-state index in [0.717, 1.165) is 49.6 Å². The maximum atomic E-state index is 9.72. The minimum atomic E-state index is 0.551. The van der Waals surface area contributed by atoms with E-state index >= 15 is 0 Å². The number of aromatic nitrogens is 2. The van der Waals surface area contributed by atoms with Gasteiger partial charge in [0, 0.05) is 39.4 Å². The molecule has 0 saturated carbocycles. The van der Waals surface area contributed by atoms with Crippen LogP contribution in [0.2, 0.25) is 0 Å². The number of benzene rings is 4. The zero-order valence-corrected chi connectivity index (χ0v) is 18.1. The highest BCUT2D eigenvalue weighted by atomic mass is 16.3. The fraction of sp³-hybridized carbons (Fsp3) is 0. The van der Waals surface area contributed by atoms with Crippen molar-refractivity contribution in [2.24, 2.45) is 0 Å². The average Bonchev–Trinajstić information content (AvgIpc) is 3.42. The summed E-state index contributed by atoms with van der Waals surface area (Å²) in [5, 5.41) is 14.3. The molecule has 0 spiro atoms. The highest BCUT2D eigenvalue weighted by Gasteiger charge is 2.19. The summed E-state index contributed by atoms with van der Waals surface area (Å²) in [6.45, 7) is 0. The molecule has 4 aromatic carbocycles. The highest BCUT2D eigenvalue weighted by molar-refractivity contribution is 6.17. The van der Waals surface area contributed by atoms with Gasteiger partial charge in [0.1, 0.15) is 17.2 Å². The number of nitriles is 1. The van der Waals surface area contributed by atoms with Crippen LogP contribution < -0.4 is 0 Å². The van der Waals surface area contributed by atoms with Gasteiger partial charge in [0.25, 0.3) is 0 Å². The lowest BCUT2D eigenvalue weighted by Gasteiger charge is -2.14. The van der Waals surface area contributed by atoms with Crippen LogP contribution in [-0.2, 0) is 0 Å². The van der Waals surface area contributed by atoms with Gasteiger partial charge in [0.2, 0.25) is 0 Å². The number of nitrogens with zero attached hydrogens (tertiary/aromatic N) is 3. The van der Waals surface area contributed by atoms with Crippen LogP contribution in [0.4, 0.5) is 0 Å². The van der Waals surface area contributed by atoms with Crippen LogP contribution in [0.1, 0.15) is 5.56 Å². The minimum Gasteiger partial charge on any atom is -0.456 e. The van der Waals surface area contributed by atoms with E-state index in [9.17, 15) is 5.26 Å². The molecule has 0 radical (unpaired) electrons. The van der Waals surface area contributed by atoms with Crippen LogP contribution in [0, 0.1) is 11.3 Å². The molecule has 4 nitrogen and oxygen atoms in total. The Morgan fingerprint density at radius 1 is 0.676 bits per heavy atom. The molecular weight excluding hydrogens is 418 g/mol. The summed E-state index contributed by atoms with van der Waals surface area (Å²) in [6, 6.07) is 34.9. The number of furan rings is 1. The zero-order valence-electron chi connectivity index (χ0n) is 18.1. The van der Waals surface area contributed by atoms with Gasteiger partial charge < -0.3 is 8.98 Å². The van der Waals surface area contributed by atoms with Gasteiger partial charge in [-0.15, -0.1) is 0 Å². The maximum Gasteiger partial charge on any atom is 0.137 e. The van der Waals surface area contributed by atoms with Gasteiger partial charge in [-0.1, -0.05) is 54.6 Å². The fourth-order valence-corrected chi connectivity index (χ4v) is 5.03. The first-order valence-corrected chi connectivity index (χ1v) is 11.1. The molecule has 0 aliphatic carbocycles. The lowest BCUT2D eigenvalue weighted by atomic mass is 10.0. The van der Waals surface area contributed by atoms with E-state index in [1.165, 1.54) is 5.39 Å². The number of rotatable bonds is 2. The third kappa shape index (κ3) is 2.55. The van der Waals surface area contributed by atoms with Crippen LogP contribution in [0.15, 0.2) is 108 Å². The van der Waals surface area contributed by atoms with Gasteiger partial charge in [0.05, 0.1) is 28.0 Å². The van der Waals surface area contributed by atoms with Crippen molar-refractivity contribution in [3.63, 3.8) is 0 Å². The summed E-state index contributed by atoms with van der Waals surface area (Å²) in [5.74, 6) is 0. The standard InChI is InChI=1S/C30H17N3O/c31-18-19-8-7-15-32-30(19)22-11-2-5-13-26(22)33-25-12-4-1-9-20(25)23-16-24-21-10-3-6-14-28(21)34-29(24)17-27(23)33/h1-17H. The molecule has 4 heteroatoms. The summed E-state index contributed by atoms with van der Waals surface area (Å²) in [6.07, 6.45) is 1.73. The summed E-state index contributed by atoms with van der Waals surface area (Å²) in [5.41, 5.74) is 6.99. The number of hydrogen-bond acceptors (Lipinski definition) is 3.